The van der Waals surface area contributed by atoms with Gasteiger partial charge < -0.3 is 5.32 Å². The van der Waals surface area contributed by atoms with E-state index < -0.39 is 15.2 Å². The Morgan fingerprint density at radius 3 is 2.59 bits per heavy atom. The minimum atomic E-state index is -3.69. The smallest absolute Gasteiger partial charge is 0.196 e. The van der Waals surface area contributed by atoms with Crippen molar-refractivity contribution in [1.29, 1.82) is 0 Å². The van der Waals surface area contributed by atoms with Crippen LogP contribution >= 0.6 is 35.6 Å². The van der Waals surface area contributed by atoms with Crippen molar-refractivity contribution in [3.63, 3.8) is 0 Å². The van der Waals surface area contributed by atoms with Crippen LogP contribution in [-0.4, -0.2) is 38.3 Å². The van der Waals surface area contributed by atoms with E-state index in [4.69, 9.17) is 23.2 Å². The zero-order valence-corrected chi connectivity index (χ0v) is 19.1. The molecule has 2 aromatic rings. The number of hydrogen-bond donors (Lipinski definition) is 1. The Hall–Kier alpha value is -0.820. The summed E-state index contributed by atoms with van der Waals surface area (Å²) in [7, 11) is -3.69. The van der Waals surface area contributed by atoms with Crippen LogP contribution in [0.15, 0.2) is 47.4 Å². The third-order valence-corrected chi connectivity index (χ3v) is 8.72. The third-order valence-electron chi connectivity index (χ3n) is 5.78. The maximum Gasteiger partial charge on any atom is 0.196 e. The van der Waals surface area contributed by atoms with E-state index in [1.54, 1.807) is 12.1 Å². The molecule has 0 aromatic heterocycles. The number of piperidine rings is 1. The van der Waals surface area contributed by atoms with Crippen molar-refractivity contribution in [3.8, 4) is 0 Å². The predicted molar refractivity (Wildman–Crippen MR) is 121 cm³/mol. The molecule has 4 nitrogen and oxygen atoms in total. The number of nitrogens with zero attached hydrogens (tertiary/aromatic N) is 1. The second kappa shape index (κ2) is 9.54. The molecule has 0 aliphatic carbocycles. The van der Waals surface area contributed by atoms with Crippen LogP contribution in [0.5, 0.6) is 0 Å². The molecule has 29 heavy (non-hydrogen) atoms. The van der Waals surface area contributed by atoms with Crippen molar-refractivity contribution in [1.82, 2.24) is 10.2 Å². The van der Waals surface area contributed by atoms with Crippen molar-refractivity contribution in [2.24, 2.45) is 5.92 Å². The van der Waals surface area contributed by atoms with E-state index in [9.17, 15) is 8.42 Å². The molecule has 4 rings (SSSR count). The summed E-state index contributed by atoms with van der Waals surface area (Å²) in [6.07, 6.45) is 2.71. The van der Waals surface area contributed by atoms with Gasteiger partial charge in [-0.05, 0) is 55.1 Å². The summed E-state index contributed by atoms with van der Waals surface area (Å²) < 4.78 is 27.6. The highest BCUT2D eigenvalue weighted by Gasteiger charge is 2.41. The summed E-state index contributed by atoms with van der Waals surface area (Å²) in [5.74, 6) is 0.0130. The lowest BCUT2D eigenvalue weighted by atomic mass is 9.95. The van der Waals surface area contributed by atoms with Crippen molar-refractivity contribution >= 4 is 45.4 Å². The number of halogens is 3. The molecule has 1 N–H and O–H groups in total. The zero-order valence-electron chi connectivity index (χ0n) is 16.0. The lowest BCUT2D eigenvalue weighted by molar-refractivity contribution is 0.162. The normalized spacial score (nSPS) is 21.1. The SMILES string of the molecule is Cl.O=S(=O)(c1cc(Cl)ccc1Cl)C(C1CCCNC1)N1CCc2ccccc2C1. The largest absolute Gasteiger partial charge is 0.316 e. The topological polar surface area (TPSA) is 49.4 Å². The van der Waals surface area contributed by atoms with E-state index >= 15 is 0 Å². The fraction of sp³-hybridized carbons (Fsp3) is 0.429. The minimum absolute atomic E-state index is 0. The highest BCUT2D eigenvalue weighted by Crippen LogP contribution is 2.35. The standard InChI is InChI=1S/C21H24Cl2N2O2S.ClH/c22-18-7-8-19(23)20(12-18)28(26,27)21(16-6-3-10-24-13-16)25-11-9-15-4-1-2-5-17(15)14-25;/h1-2,4-5,7-8,12,16,21,24H,3,6,9-11,13-14H2;1H. The van der Waals surface area contributed by atoms with E-state index in [0.717, 1.165) is 32.4 Å². The first kappa shape index (κ1) is 22.9. The fourth-order valence-corrected chi connectivity index (χ4v) is 7.31. The molecule has 0 saturated carbocycles. The van der Waals surface area contributed by atoms with Crippen molar-refractivity contribution < 1.29 is 8.42 Å². The summed E-state index contributed by atoms with van der Waals surface area (Å²) in [5, 5.41) is 3.37. The van der Waals surface area contributed by atoms with E-state index in [-0.39, 0.29) is 28.2 Å². The maximum atomic E-state index is 13.8. The van der Waals surface area contributed by atoms with Crippen LogP contribution in [0.2, 0.25) is 10.0 Å². The second-order valence-electron chi connectivity index (χ2n) is 7.61. The molecule has 0 spiro atoms. The quantitative estimate of drug-likeness (QED) is 0.703. The number of fused-ring (bicyclic) bond motifs is 1. The summed E-state index contributed by atoms with van der Waals surface area (Å²) in [6, 6.07) is 13.0. The summed E-state index contributed by atoms with van der Waals surface area (Å²) in [4.78, 5) is 2.25. The molecular weight excluding hydrogens is 451 g/mol. The zero-order chi connectivity index (χ0) is 19.7. The Labute approximate surface area is 188 Å². The maximum absolute atomic E-state index is 13.8. The molecule has 2 aliphatic rings. The third kappa shape index (κ3) is 4.76. The summed E-state index contributed by atoms with van der Waals surface area (Å²) in [6.45, 7) is 2.98. The molecule has 158 valence electrons. The Morgan fingerprint density at radius 1 is 1.10 bits per heavy atom. The molecule has 0 amide bonds. The van der Waals surface area contributed by atoms with Gasteiger partial charge in [0.1, 0.15) is 5.37 Å². The van der Waals surface area contributed by atoms with Gasteiger partial charge >= 0.3 is 0 Å². The van der Waals surface area contributed by atoms with Gasteiger partial charge in [-0.3, -0.25) is 4.90 Å². The van der Waals surface area contributed by atoms with Gasteiger partial charge in [0.25, 0.3) is 0 Å². The number of hydrogen-bond acceptors (Lipinski definition) is 4. The number of sulfone groups is 1. The fourth-order valence-electron chi connectivity index (χ4n) is 4.43. The number of rotatable bonds is 4. The number of benzene rings is 2. The molecule has 0 bridgehead atoms. The first-order valence-corrected chi connectivity index (χ1v) is 12.0. The molecular formula is C21H25Cl3N2O2S. The molecule has 1 saturated heterocycles. The minimum Gasteiger partial charge on any atom is -0.316 e. The predicted octanol–water partition coefficient (Wildman–Crippen LogP) is 4.57. The van der Waals surface area contributed by atoms with Gasteiger partial charge in [-0.1, -0.05) is 47.5 Å². The van der Waals surface area contributed by atoms with Crippen LogP contribution in [0, 0.1) is 5.92 Å². The highest BCUT2D eigenvalue weighted by molar-refractivity contribution is 7.92. The van der Waals surface area contributed by atoms with E-state index in [0.29, 0.717) is 18.1 Å². The summed E-state index contributed by atoms with van der Waals surface area (Å²) in [5.41, 5.74) is 2.51. The summed E-state index contributed by atoms with van der Waals surface area (Å²) >= 11 is 12.4. The molecule has 2 aliphatic heterocycles. The van der Waals surface area contributed by atoms with Crippen LogP contribution < -0.4 is 5.32 Å². The van der Waals surface area contributed by atoms with Crippen molar-refractivity contribution in [2.75, 3.05) is 19.6 Å². The highest BCUT2D eigenvalue weighted by atomic mass is 35.5. The average molecular weight is 476 g/mol. The molecule has 8 heteroatoms. The van der Waals surface area contributed by atoms with Crippen LogP contribution in [0.4, 0.5) is 0 Å². The van der Waals surface area contributed by atoms with Crippen molar-refractivity contribution in [2.45, 2.75) is 36.1 Å². The van der Waals surface area contributed by atoms with Gasteiger partial charge in [0.2, 0.25) is 0 Å². The molecule has 2 atom stereocenters. The van der Waals surface area contributed by atoms with Crippen LogP contribution in [-0.2, 0) is 22.8 Å². The first-order valence-electron chi connectivity index (χ1n) is 9.67. The Bertz CT molecular complexity index is 962. The van der Waals surface area contributed by atoms with Crippen LogP contribution in [0.3, 0.4) is 0 Å². The monoisotopic (exact) mass is 474 g/mol. The van der Waals surface area contributed by atoms with E-state index in [2.05, 4.69) is 22.3 Å². The van der Waals surface area contributed by atoms with Gasteiger partial charge in [0, 0.05) is 30.6 Å². The second-order valence-corrected chi connectivity index (χ2v) is 10.5. The Morgan fingerprint density at radius 2 is 1.86 bits per heavy atom. The molecule has 2 unspecified atom stereocenters. The van der Waals surface area contributed by atoms with E-state index in [1.807, 2.05) is 12.1 Å². The van der Waals surface area contributed by atoms with Crippen LogP contribution in [0.25, 0.3) is 0 Å². The lowest BCUT2D eigenvalue weighted by Crippen LogP contribution is -2.52. The van der Waals surface area contributed by atoms with Gasteiger partial charge in [0.15, 0.2) is 9.84 Å². The van der Waals surface area contributed by atoms with Crippen LogP contribution in [0.1, 0.15) is 24.0 Å². The van der Waals surface area contributed by atoms with Gasteiger partial charge in [-0.2, -0.15) is 0 Å². The van der Waals surface area contributed by atoms with Gasteiger partial charge in [-0.25, -0.2) is 8.42 Å². The van der Waals surface area contributed by atoms with Gasteiger partial charge in [0.05, 0.1) is 9.92 Å². The molecule has 2 aromatic carbocycles. The molecule has 1 fully saturated rings. The Balaban J connectivity index is 0.00000240. The molecule has 0 radical (unpaired) electrons. The average Bonchev–Trinajstić information content (AvgIpc) is 2.70. The first-order chi connectivity index (χ1) is 13.5. The Kier molecular flexibility index (Phi) is 7.52. The molecule has 2 heterocycles. The number of nitrogens with one attached hydrogen (secondary N) is 1. The van der Waals surface area contributed by atoms with Crippen molar-refractivity contribution in [3.05, 3.63) is 63.6 Å². The van der Waals surface area contributed by atoms with E-state index in [1.165, 1.54) is 17.2 Å². The van der Waals surface area contributed by atoms with Gasteiger partial charge in [-0.15, -0.1) is 12.4 Å². The lowest BCUT2D eigenvalue weighted by Gasteiger charge is -2.40.